The van der Waals surface area contributed by atoms with Gasteiger partial charge in [0.05, 0.1) is 12.0 Å². The van der Waals surface area contributed by atoms with E-state index in [0.717, 1.165) is 29.1 Å². The third-order valence-electron chi connectivity index (χ3n) is 4.95. The summed E-state index contributed by atoms with van der Waals surface area (Å²) in [4.78, 5) is 4.22. The van der Waals surface area contributed by atoms with Gasteiger partial charge in [0.1, 0.15) is 0 Å². The smallest absolute Gasteiger partial charge is 0.0571 e. The van der Waals surface area contributed by atoms with Crippen LogP contribution in [0.4, 0.5) is 0 Å². The van der Waals surface area contributed by atoms with Crippen molar-refractivity contribution in [2.75, 3.05) is 0 Å². The predicted molar refractivity (Wildman–Crippen MR) is 129 cm³/mol. The van der Waals surface area contributed by atoms with Gasteiger partial charge >= 0.3 is 0 Å². The van der Waals surface area contributed by atoms with Gasteiger partial charge in [0.15, 0.2) is 0 Å². The van der Waals surface area contributed by atoms with Gasteiger partial charge in [-0.25, -0.2) is 0 Å². The maximum absolute atomic E-state index is 4.40. The molecule has 0 bridgehead atoms. The normalized spacial score (nSPS) is 9.97. The van der Waals surface area contributed by atoms with Gasteiger partial charge in [-0.3, -0.25) is 9.67 Å². The van der Waals surface area contributed by atoms with Crippen molar-refractivity contribution in [3.8, 4) is 28.2 Å². The van der Waals surface area contributed by atoms with Crippen LogP contribution in [0.1, 0.15) is 5.56 Å². The quantitative estimate of drug-likeness (QED) is 0.183. The van der Waals surface area contributed by atoms with E-state index in [-0.39, 0.29) is 20.1 Å². The molecule has 0 spiro atoms. The fourth-order valence-electron chi connectivity index (χ4n) is 3.28. The first-order valence-electron chi connectivity index (χ1n) is 10.4. The molecule has 0 N–H and O–H groups in total. The molecule has 2 heterocycles. The van der Waals surface area contributed by atoms with Crippen LogP contribution in [0.5, 0.6) is 0 Å². The summed E-state index contributed by atoms with van der Waals surface area (Å²) in [5.41, 5.74) is 5.46. The van der Waals surface area contributed by atoms with Crippen LogP contribution in [-0.2, 0) is 33.6 Å². The molecule has 0 aliphatic rings. The molecule has 0 aliphatic heterocycles. The van der Waals surface area contributed by atoms with Gasteiger partial charge in [-0.1, -0.05) is 42.8 Å². The van der Waals surface area contributed by atoms with E-state index in [1.165, 1.54) is 11.1 Å². The van der Waals surface area contributed by atoms with E-state index in [4.69, 9.17) is 0 Å². The molecule has 3 aromatic carbocycles. The Balaban J connectivity index is 0.000000202. The van der Waals surface area contributed by atoms with E-state index in [1.807, 2.05) is 95.6 Å². The van der Waals surface area contributed by atoms with Crippen molar-refractivity contribution >= 4 is 0 Å². The summed E-state index contributed by atoms with van der Waals surface area (Å²) < 4.78 is 3.83. The van der Waals surface area contributed by atoms with Gasteiger partial charge < -0.3 is 4.57 Å². The van der Waals surface area contributed by atoms with E-state index >= 15 is 0 Å². The van der Waals surface area contributed by atoms with Crippen molar-refractivity contribution in [1.82, 2.24) is 19.3 Å². The van der Waals surface area contributed by atoms with Gasteiger partial charge in [-0.2, -0.15) is 28.9 Å². The molecule has 4 nitrogen and oxygen atoms in total. The second-order valence-corrected chi connectivity index (χ2v) is 7.25. The van der Waals surface area contributed by atoms with Crippen LogP contribution < -0.4 is 0 Å². The monoisotopic (exact) mass is 609 g/mol. The summed E-state index contributed by atoms with van der Waals surface area (Å²) in [6, 6.07) is 30.6. The Bertz CT molecular complexity index is 1260. The predicted octanol–water partition coefficient (Wildman–Crippen LogP) is 5.95. The third-order valence-corrected chi connectivity index (χ3v) is 4.95. The maximum atomic E-state index is 4.40. The second-order valence-electron chi connectivity index (χ2n) is 7.25. The second kappa shape index (κ2) is 11.9. The first-order chi connectivity index (χ1) is 15.7. The van der Waals surface area contributed by atoms with Crippen LogP contribution >= 0.6 is 0 Å². The zero-order chi connectivity index (χ0) is 22.2. The van der Waals surface area contributed by atoms with Gasteiger partial charge in [-0.05, 0) is 11.3 Å². The Morgan fingerprint density at radius 2 is 1.79 bits per heavy atom. The average Bonchev–Trinajstić information content (AvgIpc) is 3.51. The minimum Gasteiger partial charge on any atom is -0.373 e. The number of aryl methyl sites for hydroxylation is 1. The van der Waals surface area contributed by atoms with Gasteiger partial charge in [0.2, 0.25) is 0 Å². The molecule has 33 heavy (non-hydrogen) atoms. The van der Waals surface area contributed by atoms with E-state index in [1.54, 1.807) is 6.20 Å². The largest absolute Gasteiger partial charge is 0.373 e. The van der Waals surface area contributed by atoms with E-state index in [2.05, 4.69) is 47.0 Å². The molecule has 0 aliphatic carbocycles. The molecule has 1 radical (unpaired) electrons. The van der Waals surface area contributed by atoms with Crippen LogP contribution in [0, 0.1) is 12.1 Å². The van der Waals surface area contributed by atoms with Crippen molar-refractivity contribution in [3.05, 3.63) is 128 Å². The Labute approximate surface area is 208 Å². The molecule has 0 atom stereocenters. The average molecular weight is 609 g/mol. The number of benzene rings is 3. The van der Waals surface area contributed by atoms with Crippen LogP contribution in [0.2, 0.25) is 0 Å². The minimum absolute atomic E-state index is 0. The Morgan fingerprint density at radius 3 is 2.42 bits per heavy atom. The molecule has 0 fully saturated rings. The topological polar surface area (TPSA) is 35.6 Å². The number of allylic oxidation sites excluding steroid dienone is 1. The number of rotatable bonds is 5. The number of hydrogen-bond acceptors (Lipinski definition) is 2. The van der Waals surface area contributed by atoms with Gasteiger partial charge in [0.25, 0.3) is 0 Å². The Morgan fingerprint density at radius 1 is 0.970 bits per heavy atom. The van der Waals surface area contributed by atoms with Crippen LogP contribution in [0.15, 0.2) is 110 Å². The standard InChI is InChI=1S/C18H15N2.C10H9N2.Ir/c1-2-6-15-9-11-18(12-10-15)20-14-17(13-19-20)16-7-4-3-5-8-16;1-12-8-7-11-10(12)9-5-3-2-4-6-9;/h2-5,7-11,13-14H,1,6H2;2-5,7-8H,1H3;/q2*-1;. The molecular weight excluding hydrogens is 585 g/mol. The van der Waals surface area contributed by atoms with E-state index in [0.29, 0.717) is 0 Å². The first kappa shape index (κ1) is 24.1. The molecule has 0 amide bonds. The van der Waals surface area contributed by atoms with Crippen molar-refractivity contribution in [1.29, 1.82) is 0 Å². The molecule has 5 rings (SSSR count). The van der Waals surface area contributed by atoms with Crippen molar-refractivity contribution in [2.45, 2.75) is 6.42 Å². The number of hydrogen-bond donors (Lipinski definition) is 0. The Hall–Kier alpha value is -3.53. The molecule has 5 aromatic rings. The van der Waals surface area contributed by atoms with Crippen molar-refractivity contribution in [3.63, 3.8) is 0 Å². The summed E-state index contributed by atoms with van der Waals surface area (Å²) in [6.07, 6.45) is 10.4. The summed E-state index contributed by atoms with van der Waals surface area (Å²) in [7, 11) is 1.98. The van der Waals surface area contributed by atoms with Crippen LogP contribution in [0.25, 0.3) is 28.2 Å². The first-order valence-corrected chi connectivity index (χ1v) is 10.4. The maximum Gasteiger partial charge on any atom is 0.0571 e. The fraction of sp³-hybridized carbons (Fsp3) is 0.0714. The van der Waals surface area contributed by atoms with Gasteiger partial charge in [-0.15, -0.1) is 48.5 Å². The molecule has 0 saturated heterocycles. The SMILES string of the molecule is C=CCc1c[c-]c(-n2cc(-c3ccccc3)cn2)cc1.Cn1ccnc1-c1[c-]cccc1.[Ir]. The summed E-state index contributed by atoms with van der Waals surface area (Å²) in [5.74, 6) is 0.954. The van der Waals surface area contributed by atoms with Crippen LogP contribution in [-0.4, -0.2) is 19.3 Å². The zero-order valence-corrected chi connectivity index (χ0v) is 20.7. The van der Waals surface area contributed by atoms with Crippen LogP contribution in [0.3, 0.4) is 0 Å². The van der Waals surface area contributed by atoms with E-state index < -0.39 is 0 Å². The molecule has 167 valence electrons. The molecule has 0 unspecified atom stereocenters. The molecule has 0 saturated carbocycles. The third kappa shape index (κ3) is 6.26. The molecule has 5 heteroatoms. The summed E-state index contributed by atoms with van der Waals surface area (Å²) >= 11 is 0. The summed E-state index contributed by atoms with van der Waals surface area (Å²) in [6.45, 7) is 3.74. The van der Waals surface area contributed by atoms with Gasteiger partial charge in [0, 0.05) is 51.3 Å². The minimum atomic E-state index is 0. The number of aromatic nitrogens is 4. The number of imidazole rings is 1. The molecular formula is C28H24IrN4-2. The molecule has 2 aromatic heterocycles. The van der Waals surface area contributed by atoms with Crippen molar-refractivity contribution in [2.24, 2.45) is 7.05 Å². The van der Waals surface area contributed by atoms with Crippen molar-refractivity contribution < 1.29 is 20.1 Å². The van der Waals surface area contributed by atoms with E-state index in [9.17, 15) is 0 Å². The summed E-state index contributed by atoms with van der Waals surface area (Å²) in [5, 5.41) is 4.40. The fourth-order valence-corrected chi connectivity index (χ4v) is 3.28. The Kier molecular flexibility index (Phi) is 8.70. The zero-order valence-electron chi connectivity index (χ0n) is 18.4. The number of nitrogens with zero attached hydrogens (tertiary/aromatic N) is 4.